The van der Waals surface area contributed by atoms with Crippen molar-refractivity contribution < 1.29 is 17.9 Å². The van der Waals surface area contributed by atoms with E-state index in [2.05, 4.69) is 5.32 Å². The third-order valence-electron chi connectivity index (χ3n) is 3.75. The summed E-state index contributed by atoms with van der Waals surface area (Å²) in [7, 11) is -2.39. The van der Waals surface area contributed by atoms with Crippen molar-refractivity contribution in [3.63, 3.8) is 0 Å². The molecule has 1 amide bonds. The zero-order valence-electron chi connectivity index (χ0n) is 15.0. The van der Waals surface area contributed by atoms with Gasteiger partial charge in [0.2, 0.25) is 15.9 Å². The predicted octanol–water partition coefficient (Wildman–Crippen LogP) is 5.10. The Morgan fingerprint density at radius 2 is 1.64 bits per heavy atom. The number of carbonyl (C=O) groups is 1. The third-order valence-corrected chi connectivity index (χ3v) is 6.32. The Labute approximate surface area is 183 Å². The summed E-state index contributed by atoms with van der Waals surface area (Å²) in [6.45, 7) is 1.43. The molecule has 0 aliphatic carbocycles. The molecule has 2 aromatic rings. The van der Waals surface area contributed by atoms with Crippen LogP contribution >= 0.6 is 46.4 Å². The molecule has 0 radical (unpaired) electrons. The van der Waals surface area contributed by atoms with Crippen LogP contribution in [0.4, 0.5) is 11.4 Å². The number of sulfonamides is 1. The van der Waals surface area contributed by atoms with Crippen molar-refractivity contribution in [1.29, 1.82) is 0 Å². The van der Waals surface area contributed by atoms with Gasteiger partial charge >= 0.3 is 0 Å². The van der Waals surface area contributed by atoms with E-state index in [0.717, 1.165) is 10.6 Å². The van der Waals surface area contributed by atoms with Gasteiger partial charge in [-0.1, -0.05) is 46.4 Å². The van der Waals surface area contributed by atoms with Gasteiger partial charge in [0.1, 0.15) is 11.8 Å². The lowest BCUT2D eigenvalue weighted by Gasteiger charge is -2.28. The Kier molecular flexibility index (Phi) is 7.33. The van der Waals surface area contributed by atoms with Crippen molar-refractivity contribution in [2.75, 3.05) is 23.0 Å². The molecule has 0 bridgehead atoms. The molecule has 0 fully saturated rings. The van der Waals surface area contributed by atoms with Crippen LogP contribution in [0.2, 0.25) is 20.1 Å². The maximum absolute atomic E-state index is 12.7. The summed E-state index contributed by atoms with van der Waals surface area (Å²) >= 11 is 24.0. The van der Waals surface area contributed by atoms with Gasteiger partial charge in [-0.05, 0) is 37.3 Å². The van der Waals surface area contributed by atoms with Gasteiger partial charge in [-0.2, -0.15) is 0 Å². The topological polar surface area (TPSA) is 75.7 Å². The zero-order chi connectivity index (χ0) is 21.2. The van der Waals surface area contributed by atoms with Gasteiger partial charge in [0.25, 0.3) is 0 Å². The van der Waals surface area contributed by atoms with Gasteiger partial charge in [0.15, 0.2) is 0 Å². The fraction of sp³-hybridized carbons (Fsp3) is 0.235. The SMILES string of the molecule is COc1ccc(N(C(C)C(=O)Nc2cc(Cl)c(Cl)cc2Cl)S(C)(=O)=O)cc1Cl. The molecule has 0 heterocycles. The van der Waals surface area contributed by atoms with E-state index in [0.29, 0.717) is 5.75 Å². The minimum absolute atomic E-state index is 0.161. The van der Waals surface area contributed by atoms with E-state index < -0.39 is 22.0 Å². The molecule has 2 aromatic carbocycles. The standard InChI is InChI=1S/C17H16Cl4N2O4S/c1-9(17(24)22-15-8-12(19)11(18)7-13(15)20)23(28(3,25)26)10-4-5-16(27-2)14(21)6-10/h4-9H,1-3H3,(H,22,24). The van der Waals surface area contributed by atoms with E-state index >= 15 is 0 Å². The van der Waals surface area contributed by atoms with Crippen LogP contribution < -0.4 is 14.4 Å². The number of benzene rings is 2. The number of nitrogens with zero attached hydrogens (tertiary/aromatic N) is 1. The highest BCUT2D eigenvalue weighted by Crippen LogP contribution is 2.34. The van der Waals surface area contributed by atoms with Crippen LogP contribution in [0.15, 0.2) is 30.3 Å². The molecule has 6 nitrogen and oxygen atoms in total. The van der Waals surface area contributed by atoms with E-state index in [-0.39, 0.29) is 31.5 Å². The Bertz CT molecular complexity index is 1010. The first kappa shape index (κ1) is 22.9. The summed E-state index contributed by atoms with van der Waals surface area (Å²) in [5, 5.41) is 3.34. The molecule has 1 unspecified atom stereocenters. The average Bonchev–Trinajstić information content (AvgIpc) is 2.58. The molecular formula is C17H16Cl4N2O4S. The molecule has 2 rings (SSSR count). The number of hydrogen-bond donors (Lipinski definition) is 1. The summed E-state index contributed by atoms with van der Waals surface area (Å²) in [4.78, 5) is 12.7. The van der Waals surface area contributed by atoms with Crippen LogP contribution in [0, 0.1) is 0 Å². The maximum atomic E-state index is 12.7. The molecule has 28 heavy (non-hydrogen) atoms. The number of methoxy groups -OCH3 is 1. The van der Waals surface area contributed by atoms with Crippen LogP contribution in [0.3, 0.4) is 0 Å². The highest BCUT2D eigenvalue weighted by Gasteiger charge is 2.30. The van der Waals surface area contributed by atoms with Crippen LogP contribution in [-0.4, -0.2) is 33.7 Å². The molecule has 0 aliphatic rings. The summed E-state index contributed by atoms with van der Waals surface area (Å²) in [5.41, 5.74) is 0.408. The van der Waals surface area contributed by atoms with E-state index in [4.69, 9.17) is 51.1 Å². The van der Waals surface area contributed by atoms with Crippen LogP contribution in [-0.2, 0) is 14.8 Å². The Morgan fingerprint density at radius 3 is 2.18 bits per heavy atom. The fourth-order valence-corrected chi connectivity index (χ4v) is 4.47. The van der Waals surface area contributed by atoms with Gasteiger partial charge in [-0.25, -0.2) is 8.42 Å². The largest absolute Gasteiger partial charge is 0.495 e. The van der Waals surface area contributed by atoms with E-state index in [1.54, 1.807) is 0 Å². The Hall–Kier alpha value is -1.38. The lowest BCUT2D eigenvalue weighted by molar-refractivity contribution is -0.116. The minimum Gasteiger partial charge on any atom is -0.495 e. The number of hydrogen-bond acceptors (Lipinski definition) is 4. The third kappa shape index (κ3) is 5.15. The molecule has 1 atom stereocenters. The van der Waals surface area contributed by atoms with Gasteiger partial charge < -0.3 is 10.1 Å². The summed E-state index contributed by atoms with van der Waals surface area (Å²) in [5.74, 6) is -0.254. The monoisotopic (exact) mass is 484 g/mol. The lowest BCUT2D eigenvalue weighted by atomic mass is 10.2. The zero-order valence-corrected chi connectivity index (χ0v) is 18.8. The molecule has 1 N–H and O–H groups in total. The number of amides is 1. The number of anilines is 2. The minimum atomic E-state index is -3.82. The second kappa shape index (κ2) is 8.97. The normalized spacial score (nSPS) is 12.4. The number of halogens is 4. The second-order valence-corrected chi connectivity index (χ2v) is 9.28. The molecule has 0 aliphatic heterocycles. The molecule has 0 saturated heterocycles. The van der Waals surface area contributed by atoms with Gasteiger partial charge in [0, 0.05) is 0 Å². The molecule has 0 aromatic heterocycles. The van der Waals surface area contributed by atoms with Crippen molar-refractivity contribution in [3.05, 3.63) is 50.4 Å². The smallest absolute Gasteiger partial charge is 0.248 e. The molecule has 0 saturated carbocycles. The summed E-state index contributed by atoms with van der Waals surface area (Å²) < 4.78 is 30.8. The quantitative estimate of drug-likeness (QED) is 0.577. The number of rotatable bonds is 6. The number of nitrogens with one attached hydrogen (secondary N) is 1. The average molecular weight is 486 g/mol. The summed E-state index contributed by atoms with van der Waals surface area (Å²) in [6.07, 6.45) is 0.987. The maximum Gasteiger partial charge on any atom is 0.248 e. The molecule has 0 spiro atoms. The van der Waals surface area contributed by atoms with Crippen molar-refractivity contribution >= 4 is 73.7 Å². The second-order valence-electron chi connectivity index (χ2n) is 5.79. The highest BCUT2D eigenvalue weighted by molar-refractivity contribution is 7.92. The van der Waals surface area contributed by atoms with Crippen LogP contribution in [0.5, 0.6) is 5.75 Å². The van der Waals surface area contributed by atoms with Crippen LogP contribution in [0.1, 0.15) is 6.92 Å². The molecular weight excluding hydrogens is 470 g/mol. The van der Waals surface area contributed by atoms with Crippen molar-refractivity contribution in [2.24, 2.45) is 0 Å². The first-order valence-corrected chi connectivity index (χ1v) is 11.1. The van der Waals surface area contributed by atoms with E-state index in [1.165, 1.54) is 44.4 Å². The molecule has 152 valence electrons. The highest BCUT2D eigenvalue weighted by atomic mass is 35.5. The van der Waals surface area contributed by atoms with Gasteiger partial charge in [-0.3, -0.25) is 9.10 Å². The fourth-order valence-electron chi connectivity index (χ4n) is 2.46. The Balaban J connectivity index is 2.38. The Morgan fingerprint density at radius 1 is 1.04 bits per heavy atom. The first-order chi connectivity index (χ1) is 13.0. The van der Waals surface area contributed by atoms with Crippen molar-refractivity contribution in [2.45, 2.75) is 13.0 Å². The van der Waals surface area contributed by atoms with Crippen molar-refractivity contribution in [1.82, 2.24) is 0 Å². The summed E-state index contributed by atoms with van der Waals surface area (Å²) in [6, 6.07) is 6.04. The number of ether oxygens (including phenoxy) is 1. The number of carbonyl (C=O) groups excluding carboxylic acids is 1. The molecule has 11 heteroatoms. The lowest BCUT2D eigenvalue weighted by Crippen LogP contribution is -2.45. The van der Waals surface area contributed by atoms with Crippen LogP contribution in [0.25, 0.3) is 0 Å². The predicted molar refractivity (Wildman–Crippen MR) is 115 cm³/mol. The van der Waals surface area contributed by atoms with E-state index in [1.807, 2.05) is 0 Å². The van der Waals surface area contributed by atoms with Gasteiger partial charge in [-0.15, -0.1) is 0 Å². The van der Waals surface area contributed by atoms with Gasteiger partial charge in [0.05, 0.1) is 44.8 Å². The van der Waals surface area contributed by atoms with E-state index in [9.17, 15) is 13.2 Å². The first-order valence-electron chi connectivity index (χ1n) is 7.74. The van der Waals surface area contributed by atoms with Crippen molar-refractivity contribution in [3.8, 4) is 5.75 Å².